The molecule has 6 atom stereocenters. The zero-order chi connectivity index (χ0) is 9.45. The Morgan fingerprint density at radius 1 is 1.14 bits per heavy atom. The van der Waals surface area contributed by atoms with Gasteiger partial charge in [0.25, 0.3) is 0 Å². The summed E-state index contributed by atoms with van der Waals surface area (Å²) >= 11 is 0. The van der Waals surface area contributed by atoms with Crippen LogP contribution in [0.3, 0.4) is 0 Å². The van der Waals surface area contributed by atoms with E-state index in [-0.39, 0.29) is 0 Å². The summed E-state index contributed by atoms with van der Waals surface area (Å²) in [4.78, 5) is 0. The molecule has 0 aromatic carbocycles. The summed E-state index contributed by atoms with van der Waals surface area (Å²) in [6.45, 7) is 4.99. The molecular formula is C14H20. The van der Waals surface area contributed by atoms with E-state index < -0.39 is 0 Å². The van der Waals surface area contributed by atoms with E-state index in [1.54, 1.807) is 12.8 Å². The highest BCUT2D eigenvalue weighted by molar-refractivity contribution is 5.39. The molecule has 0 N–H and O–H groups in total. The van der Waals surface area contributed by atoms with E-state index in [4.69, 9.17) is 0 Å². The number of hydrogen-bond acceptors (Lipinski definition) is 0. The van der Waals surface area contributed by atoms with Gasteiger partial charge in [-0.2, -0.15) is 0 Å². The molecule has 0 amide bonds. The molecule has 0 heteroatoms. The fraction of sp³-hybridized carbons (Fsp3) is 0.857. The van der Waals surface area contributed by atoms with Crippen LogP contribution in [0, 0.1) is 35.5 Å². The van der Waals surface area contributed by atoms with Gasteiger partial charge in [0.05, 0.1) is 0 Å². The zero-order valence-corrected chi connectivity index (χ0v) is 9.29. The van der Waals surface area contributed by atoms with Gasteiger partial charge in [-0.05, 0) is 61.2 Å². The minimum absolute atomic E-state index is 0.936. The molecule has 76 valence electrons. The molecule has 3 fully saturated rings. The van der Waals surface area contributed by atoms with Crippen LogP contribution in [-0.4, -0.2) is 0 Å². The first kappa shape index (κ1) is 7.96. The molecule has 0 aromatic rings. The predicted octanol–water partition coefficient (Wildman–Crippen LogP) is 3.63. The fourth-order valence-electron chi connectivity index (χ4n) is 5.36. The molecule has 6 unspecified atom stereocenters. The van der Waals surface area contributed by atoms with Crippen LogP contribution in [0.2, 0.25) is 0 Å². The lowest BCUT2D eigenvalue weighted by atomic mass is 9.70. The zero-order valence-electron chi connectivity index (χ0n) is 9.29. The van der Waals surface area contributed by atoms with E-state index in [0.29, 0.717) is 0 Å². The monoisotopic (exact) mass is 188 g/mol. The van der Waals surface area contributed by atoms with Crippen LogP contribution in [0.5, 0.6) is 0 Å². The summed E-state index contributed by atoms with van der Waals surface area (Å²) in [5, 5.41) is 0. The Morgan fingerprint density at radius 3 is 2.86 bits per heavy atom. The summed E-state index contributed by atoms with van der Waals surface area (Å²) in [7, 11) is 0. The lowest BCUT2D eigenvalue weighted by molar-refractivity contribution is 0.217. The molecule has 0 nitrogen and oxygen atoms in total. The quantitative estimate of drug-likeness (QED) is 0.509. The summed E-state index contributed by atoms with van der Waals surface area (Å²) in [5.74, 6) is 6.26. The molecule has 4 aliphatic carbocycles. The van der Waals surface area contributed by atoms with E-state index in [1.165, 1.54) is 12.8 Å². The van der Waals surface area contributed by atoms with Crippen LogP contribution >= 0.6 is 0 Å². The molecule has 0 saturated heterocycles. The molecular weight excluding hydrogens is 168 g/mol. The largest absolute Gasteiger partial charge is 0.0670 e. The van der Waals surface area contributed by atoms with Gasteiger partial charge in [-0.3, -0.25) is 0 Å². The fourth-order valence-corrected chi connectivity index (χ4v) is 5.36. The van der Waals surface area contributed by atoms with Crippen molar-refractivity contribution in [2.45, 2.75) is 39.5 Å². The standard InChI is InChI=1S/C14H20/c1-7-8(2)12-6-11(7)13-9-3-4-10(5-9)14(12)13/h7-11,13H,3-6H2,1-2H3. The molecule has 0 spiro atoms. The van der Waals surface area contributed by atoms with Gasteiger partial charge in [0.15, 0.2) is 0 Å². The van der Waals surface area contributed by atoms with E-state index in [1.807, 2.05) is 11.1 Å². The topological polar surface area (TPSA) is 0 Å². The van der Waals surface area contributed by atoms with Gasteiger partial charge in [-0.1, -0.05) is 25.0 Å². The van der Waals surface area contributed by atoms with Crippen molar-refractivity contribution in [2.75, 3.05) is 0 Å². The Labute approximate surface area is 86.8 Å². The van der Waals surface area contributed by atoms with Gasteiger partial charge in [-0.15, -0.1) is 0 Å². The second-order valence-corrected chi connectivity index (χ2v) is 6.29. The average molecular weight is 188 g/mol. The molecule has 4 rings (SSSR count). The van der Waals surface area contributed by atoms with Crippen molar-refractivity contribution in [3.63, 3.8) is 0 Å². The normalized spacial score (nSPS) is 58.7. The van der Waals surface area contributed by atoms with Crippen LogP contribution in [0.25, 0.3) is 0 Å². The van der Waals surface area contributed by atoms with Crippen LogP contribution in [-0.2, 0) is 0 Å². The summed E-state index contributed by atoms with van der Waals surface area (Å²) in [5.41, 5.74) is 3.93. The third kappa shape index (κ3) is 0.677. The van der Waals surface area contributed by atoms with Gasteiger partial charge >= 0.3 is 0 Å². The maximum absolute atomic E-state index is 2.51. The molecule has 3 saturated carbocycles. The van der Waals surface area contributed by atoms with Crippen molar-refractivity contribution in [3.05, 3.63) is 11.1 Å². The molecule has 0 heterocycles. The first-order chi connectivity index (χ1) is 6.77. The lowest BCUT2D eigenvalue weighted by Gasteiger charge is -2.35. The molecule has 0 aromatic heterocycles. The van der Waals surface area contributed by atoms with Gasteiger partial charge < -0.3 is 0 Å². The second kappa shape index (κ2) is 2.28. The van der Waals surface area contributed by atoms with Crippen molar-refractivity contribution in [1.29, 1.82) is 0 Å². The van der Waals surface area contributed by atoms with E-state index >= 15 is 0 Å². The second-order valence-electron chi connectivity index (χ2n) is 6.29. The smallest absolute Gasteiger partial charge is 0.0135 e. The number of rotatable bonds is 0. The van der Waals surface area contributed by atoms with E-state index in [9.17, 15) is 0 Å². The Balaban J connectivity index is 1.87. The minimum atomic E-state index is 0.936. The highest BCUT2D eigenvalue weighted by atomic mass is 14.6. The van der Waals surface area contributed by atoms with Crippen LogP contribution in [0.15, 0.2) is 11.1 Å². The number of hydrogen-bond donors (Lipinski definition) is 0. The van der Waals surface area contributed by atoms with Gasteiger partial charge in [0.1, 0.15) is 0 Å². The Morgan fingerprint density at radius 2 is 2.00 bits per heavy atom. The Bertz CT molecular complexity index is 325. The molecule has 14 heavy (non-hydrogen) atoms. The molecule has 0 aliphatic heterocycles. The molecule has 4 aliphatic rings. The van der Waals surface area contributed by atoms with Crippen LogP contribution in [0.4, 0.5) is 0 Å². The first-order valence-electron chi connectivity index (χ1n) is 6.50. The molecule has 4 bridgehead atoms. The lowest BCUT2D eigenvalue weighted by Crippen LogP contribution is -2.27. The van der Waals surface area contributed by atoms with Crippen molar-refractivity contribution >= 4 is 0 Å². The Hall–Kier alpha value is -0.260. The summed E-state index contributed by atoms with van der Waals surface area (Å²) in [6, 6.07) is 0. The number of allylic oxidation sites excluding steroid dienone is 2. The predicted molar refractivity (Wildman–Crippen MR) is 57.8 cm³/mol. The highest BCUT2D eigenvalue weighted by Crippen LogP contribution is 2.66. The first-order valence-corrected chi connectivity index (χ1v) is 6.50. The van der Waals surface area contributed by atoms with Crippen molar-refractivity contribution < 1.29 is 0 Å². The summed E-state index contributed by atoms with van der Waals surface area (Å²) < 4.78 is 0. The molecule has 0 radical (unpaired) electrons. The van der Waals surface area contributed by atoms with Crippen molar-refractivity contribution in [1.82, 2.24) is 0 Å². The van der Waals surface area contributed by atoms with Gasteiger partial charge in [0, 0.05) is 0 Å². The maximum atomic E-state index is 2.51. The van der Waals surface area contributed by atoms with Crippen LogP contribution in [0.1, 0.15) is 39.5 Å². The van der Waals surface area contributed by atoms with E-state index in [0.717, 1.165) is 35.5 Å². The summed E-state index contributed by atoms with van der Waals surface area (Å²) in [6.07, 6.45) is 6.16. The third-order valence-corrected chi connectivity index (χ3v) is 6.08. The van der Waals surface area contributed by atoms with Gasteiger partial charge in [0.2, 0.25) is 0 Å². The number of fused-ring (bicyclic) bond motifs is 8. The Kier molecular flexibility index (Phi) is 1.30. The SMILES string of the molecule is CC1C2=C3C4CCC(C4)C3C(C2)C1C. The van der Waals surface area contributed by atoms with Crippen molar-refractivity contribution in [3.8, 4) is 0 Å². The van der Waals surface area contributed by atoms with Gasteiger partial charge in [-0.25, -0.2) is 0 Å². The van der Waals surface area contributed by atoms with E-state index in [2.05, 4.69) is 13.8 Å². The average Bonchev–Trinajstić information content (AvgIpc) is 2.87. The maximum Gasteiger partial charge on any atom is -0.0135 e. The minimum Gasteiger partial charge on any atom is -0.0670 e. The van der Waals surface area contributed by atoms with Crippen LogP contribution < -0.4 is 0 Å². The third-order valence-electron chi connectivity index (χ3n) is 6.08. The highest BCUT2D eigenvalue weighted by Gasteiger charge is 2.57. The van der Waals surface area contributed by atoms with Crippen molar-refractivity contribution in [2.24, 2.45) is 35.5 Å².